The molecule has 2 fully saturated rings. The van der Waals surface area contributed by atoms with Crippen LogP contribution in [0.4, 0.5) is 5.69 Å². The molecular formula is C23H30N2O. The SMILES string of the molecule is Cc1ccc(-c2ccc(CN3CCOCC3)cc2)cc1NC1CCCC1. The van der Waals surface area contributed by atoms with Crippen molar-refractivity contribution in [2.45, 2.75) is 45.2 Å². The van der Waals surface area contributed by atoms with E-state index in [1.54, 1.807) is 0 Å². The van der Waals surface area contributed by atoms with E-state index in [-0.39, 0.29) is 0 Å². The number of ether oxygens (including phenoxy) is 1. The molecule has 3 nitrogen and oxygen atoms in total. The highest BCUT2D eigenvalue weighted by Gasteiger charge is 2.15. The smallest absolute Gasteiger partial charge is 0.0594 e. The zero-order valence-electron chi connectivity index (χ0n) is 15.8. The summed E-state index contributed by atoms with van der Waals surface area (Å²) in [7, 11) is 0. The van der Waals surface area contributed by atoms with E-state index in [9.17, 15) is 0 Å². The van der Waals surface area contributed by atoms with Crippen molar-refractivity contribution in [3.05, 3.63) is 53.6 Å². The number of morpholine rings is 1. The Morgan fingerprint density at radius 2 is 1.65 bits per heavy atom. The van der Waals surface area contributed by atoms with Crippen LogP contribution < -0.4 is 5.32 Å². The molecule has 1 saturated carbocycles. The van der Waals surface area contributed by atoms with Crippen molar-refractivity contribution in [2.24, 2.45) is 0 Å². The van der Waals surface area contributed by atoms with E-state index in [4.69, 9.17) is 4.74 Å². The molecule has 0 bridgehead atoms. The second kappa shape index (κ2) is 8.24. The first-order valence-corrected chi connectivity index (χ1v) is 10.0. The third kappa shape index (κ3) is 4.28. The Kier molecular flexibility index (Phi) is 5.57. The molecule has 3 heteroatoms. The van der Waals surface area contributed by atoms with Crippen LogP contribution in [0, 0.1) is 6.92 Å². The average Bonchev–Trinajstić information content (AvgIpc) is 3.18. The molecular weight excluding hydrogens is 320 g/mol. The van der Waals surface area contributed by atoms with Gasteiger partial charge in [0.2, 0.25) is 0 Å². The van der Waals surface area contributed by atoms with Gasteiger partial charge in [-0.15, -0.1) is 0 Å². The van der Waals surface area contributed by atoms with Gasteiger partial charge in [-0.3, -0.25) is 4.90 Å². The summed E-state index contributed by atoms with van der Waals surface area (Å²) in [4.78, 5) is 2.47. The minimum Gasteiger partial charge on any atom is -0.382 e. The molecule has 2 aliphatic rings. The van der Waals surface area contributed by atoms with Crippen molar-refractivity contribution in [3.8, 4) is 11.1 Å². The Labute approximate surface area is 157 Å². The van der Waals surface area contributed by atoms with Crippen molar-refractivity contribution in [3.63, 3.8) is 0 Å². The molecule has 1 aliphatic carbocycles. The summed E-state index contributed by atoms with van der Waals surface area (Å²) < 4.78 is 5.44. The zero-order chi connectivity index (χ0) is 17.8. The maximum atomic E-state index is 5.44. The molecule has 1 aliphatic heterocycles. The van der Waals surface area contributed by atoms with E-state index in [0.29, 0.717) is 6.04 Å². The second-order valence-corrected chi connectivity index (χ2v) is 7.74. The molecule has 138 valence electrons. The van der Waals surface area contributed by atoms with Gasteiger partial charge in [-0.1, -0.05) is 49.2 Å². The number of hydrogen-bond donors (Lipinski definition) is 1. The number of benzene rings is 2. The van der Waals surface area contributed by atoms with Gasteiger partial charge in [0.1, 0.15) is 0 Å². The predicted octanol–water partition coefficient (Wildman–Crippen LogP) is 4.85. The fourth-order valence-electron chi connectivity index (χ4n) is 4.07. The first kappa shape index (κ1) is 17.6. The summed E-state index contributed by atoms with van der Waals surface area (Å²) in [5.41, 5.74) is 6.61. The highest BCUT2D eigenvalue weighted by Crippen LogP contribution is 2.29. The number of aryl methyl sites for hydroxylation is 1. The quantitative estimate of drug-likeness (QED) is 0.834. The molecule has 1 heterocycles. The summed E-state index contributed by atoms with van der Waals surface area (Å²) in [6, 6.07) is 16.5. The number of nitrogens with one attached hydrogen (secondary N) is 1. The summed E-state index contributed by atoms with van der Waals surface area (Å²) in [6.45, 7) is 7.01. The van der Waals surface area contributed by atoms with Crippen LogP contribution in [-0.2, 0) is 11.3 Å². The first-order valence-electron chi connectivity index (χ1n) is 10.0. The normalized spacial score (nSPS) is 19.0. The van der Waals surface area contributed by atoms with E-state index in [0.717, 1.165) is 32.8 Å². The van der Waals surface area contributed by atoms with Crippen molar-refractivity contribution < 1.29 is 4.74 Å². The fourth-order valence-corrected chi connectivity index (χ4v) is 4.07. The minimum atomic E-state index is 0.653. The number of hydrogen-bond acceptors (Lipinski definition) is 3. The van der Waals surface area contributed by atoms with Crippen LogP contribution in [0.25, 0.3) is 11.1 Å². The summed E-state index contributed by atoms with van der Waals surface area (Å²) >= 11 is 0. The van der Waals surface area contributed by atoms with E-state index in [1.165, 1.54) is 53.6 Å². The predicted molar refractivity (Wildman–Crippen MR) is 109 cm³/mol. The Morgan fingerprint density at radius 3 is 2.38 bits per heavy atom. The lowest BCUT2D eigenvalue weighted by Crippen LogP contribution is -2.35. The van der Waals surface area contributed by atoms with Crippen LogP contribution in [0.2, 0.25) is 0 Å². The molecule has 4 rings (SSSR count). The second-order valence-electron chi connectivity index (χ2n) is 7.74. The Balaban J connectivity index is 1.46. The van der Waals surface area contributed by atoms with Gasteiger partial charge in [0.25, 0.3) is 0 Å². The number of anilines is 1. The minimum absolute atomic E-state index is 0.653. The van der Waals surface area contributed by atoms with Gasteiger partial charge < -0.3 is 10.1 Å². The van der Waals surface area contributed by atoms with Crippen LogP contribution in [-0.4, -0.2) is 37.2 Å². The number of rotatable bonds is 5. The molecule has 1 saturated heterocycles. The van der Waals surface area contributed by atoms with Crippen LogP contribution in [0.3, 0.4) is 0 Å². The molecule has 26 heavy (non-hydrogen) atoms. The van der Waals surface area contributed by atoms with Crippen LogP contribution in [0.1, 0.15) is 36.8 Å². The van der Waals surface area contributed by atoms with Crippen molar-refractivity contribution >= 4 is 5.69 Å². The third-order valence-corrected chi connectivity index (χ3v) is 5.75. The molecule has 0 unspecified atom stereocenters. The van der Waals surface area contributed by atoms with E-state index >= 15 is 0 Å². The molecule has 1 N–H and O–H groups in total. The fraction of sp³-hybridized carbons (Fsp3) is 0.478. The molecule has 0 spiro atoms. The Hall–Kier alpha value is -1.84. The molecule has 0 radical (unpaired) electrons. The van der Waals surface area contributed by atoms with Crippen LogP contribution >= 0.6 is 0 Å². The lowest BCUT2D eigenvalue weighted by Gasteiger charge is -2.26. The third-order valence-electron chi connectivity index (χ3n) is 5.75. The van der Waals surface area contributed by atoms with Crippen molar-refractivity contribution in [1.29, 1.82) is 0 Å². The highest BCUT2D eigenvalue weighted by molar-refractivity contribution is 5.70. The number of nitrogens with zero attached hydrogens (tertiary/aromatic N) is 1. The maximum Gasteiger partial charge on any atom is 0.0594 e. The summed E-state index contributed by atoms with van der Waals surface area (Å²) in [6.07, 6.45) is 5.34. The monoisotopic (exact) mass is 350 g/mol. The first-order chi connectivity index (χ1) is 12.8. The summed E-state index contributed by atoms with van der Waals surface area (Å²) in [5.74, 6) is 0. The highest BCUT2D eigenvalue weighted by atomic mass is 16.5. The molecule has 0 aromatic heterocycles. The molecule has 2 aromatic carbocycles. The zero-order valence-corrected chi connectivity index (χ0v) is 15.8. The molecule has 0 atom stereocenters. The average molecular weight is 351 g/mol. The van der Waals surface area contributed by atoms with Crippen LogP contribution in [0.5, 0.6) is 0 Å². The van der Waals surface area contributed by atoms with E-state index in [1.807, 2.05) is 0 Å². The van der Waals surface area contributed by atoms with Gasteiger partial charge in [-0.05, 0) is 48.1 Å². The summed E-state index contributed by atoms with van der Waals surface area (Å²) in [5, 5.41) is 3.77. The van der Waals surface area contributed by atoms with Gasteiger partial charge in [-0.2, -0.15) is 0 Å². The Morgan fingerprint density at radius 1 is 0.962 bits per heavy atom. The van der Waals surface area contributed by atoms with Gasteiger partial charge >= 0.3 is 0 Å². The topological polar surface area (TPSA) is 24.5 Å². The molecule has 0 amide bonds. The lowest BCUT2D eigenvalue weighted by molar-refractivity contribution is 0.0342. The molecule has 2 aromatic rings. The van der Waals surface area contributed by atoms with E-state index < -0.39 is 0 Å². The maximum absolute atomic E-state index is 5.44. The van der Waals surface area contributed by atoms with Gasteiger partial charge in [-0.25, -0.2) is 0 Å². The van der Waals surface area contributed by atoms with Gasteiger partial charge in [0, 0.05) is 31.4 Å². The standard InChI is InChI=1S/C23H30N2O/c1-18-6-9-21(16-23(18)24-22-4-2-3-5-22)20-10-7-19(8-11-20)17-25-12-14-26-15-13-25/h6-11,16,22,24H,2-5,12-15,17H2,1H3. The van der Waals surface area contributed by atoms with Crippen molar-refractivity contribution in [1.82, 2.24) is 4.90 Å². The van der Waals surface area contributed by atoms with Gasteiger partial charge in [0.15, 0.2) is 0 Å². The lowest BCUT2D eigenvalue weighted by atomic mass is 10.0. The van der Waals surface area contributed by atoms with Crippen molar-refractivity contribution in [2.75, 3.05) is 31.6 Å². The van der Waals surface area contributed by atoms with E-state index in [2.05, 4.69) is 59.6 Å². The Bertz CT molecular complexity index is 713. The van der Waals surface area contributed by atoms with Gasteiger partial charge in [0.05, 0.1) is 13.2 Å². The largest absolute Gasteiger partial charge is 0.382 e. The van der Waals surface area contributed by atoms with Crippen LogP contribution in [0.15, 0.2) is 42.5 Å².